The van der Waals surface area contributed by atoms with Gasteiger partial charge in [-0.2, -0.15) is 0 Å². The van der Waals surface area contributed by atoms with E-state index < -0.39 is 0 Å². The van der Waals surface area contributed by atoms with Crippen LogP contribution in [0.5, 0.6) is 0 Å². The molecule has 4 heteroatoms. The predicted octanol–water partition coefficient (Wildman–Crippen LogP) is 4.49. The molecule has 0 fully saturated rings. The fraction of sp³-hybridized carbons (Fsp3) is 0. The molecule has 0 atom stereocenters. The molecule has 3 rings (SSSR count). The summed E-state index contributed by atoms with van der Waals surface area (Å²) in [4.78, 5) is 11.9. The summed E-state index contributed by atoms with van der Waals surface area (Å²) in [5.41, 5.74) is 3.21. The van der Waals surface area contributed by atoms with Crippen molar-refractivity contribution in [2.75, 3.05) is 5.32 Å². The summed E-state index contributed by atoms with van der Waals surface area (Å²) < 4.78 is 0. The third-order valence-electron chi connectivity index (χ3n) is 2.96. The number of halogens is 2. The van der Waals surface area contributed by atoms with Gasteiger partial charge in [0.1, 0.15) is 0 Å². The number of fused-ring (bicyclic) bond motifs is 1. The summed E-state index contributed by atoms with van der Waals surface area (Å²) in [6, 6.07) is 12.9. The monoisotopic (exact) mass is 289 g/mol. The molecule has 0 aliphatic carbocycles. The number of nitrogens with one attached hydrogen (secondary N) is 1. The number of benzene rings is 2. The molecule has 0 aromatic heterocycles. The highest BCUT2D eigenvalue weighted by Gasteiger charge is 2.23. The van der Waals surface area contributed by atoms with E-state index in [0.717, 1.165) is 16.8 Å². The minimum absolute atomic E-state index is 0.104. The normalized spacial score (nSPS) is 15.5. The highest BCUT2D eigenvalue weighted by molar-refractivity contribution is 6.42. The van der Waals surface area contributed by atoms with Crippen LogP contribution in [0.15, 0.2) is 42.5 Å². The van der Waals surface area contributed by atoms with Crippen LogP contribution in [0.4, 0.5) is 5.69 Å². The van der Waals surface area contributed by atoms with E-state index in [0.29, 0.717) is 15.6 Å². The number of para-hydroxylation sites is 1. The molecule has 0 radical (unpaired) electrons. The van der Waals surface area contributed by atoms with Crippen molar-refractivity contribution in [1.82, 2.24) is 0 Å². The molecule has 0 saturated heterocycles. The second-order valence-corrected chi connectivity index (χ2v) is 5.05. The van der Waals surface area contributed by atoms with E-state index in [9.17, 15) is 4.79 Å². The zero-order valence-corrected chi connectivity index (χ0v) is 11.3. The Morgan fingerprint density at radius 1 is 1.00 bits per heavy atom. The van der Waals surface area contributed by atoms with Crippen LogP contribution in [0.1, 0.15) is 11.1 Å². The van der Waals surface area contributed by atoms with Crippen LogP contribution in [0.25, 0.3) is 11.6 Å². The van der Waals surface area contributed by atoms with Gasteiger partial charge in [0.2, 0.25) is 0 Å². The Balaban J connectivity index is 2.08. The quantitative estimate of drug-likeness (QED) is 0.770. The van der Waals surface area contributed by atoms with Gasteiger partial charge >= 0.3 is 0 Å². The Hall–Kier alpha value is -1.77. The summed E-state index contributed by atoms with van der Waals surface area (Å²) in [6.07, 6.45) is 1.81. The van der Waals surface area contributed by atoms with E-state index in [-0.39, 0.29) is 5.91 Å². The molecule has 2 nitrogen and oxygen atoms in total. The Morgan fingerprint density at radius 2 is 1.79 bits per heavy atom. The lowest BCUT2D eigenvalue weighted by molar-refractivity contribution is -0.110. The number of rotatable bonds is 1. The van der Waals surface area contributed by atoms with Gasteiger partial charge in [0.05, 0.1) is 10.0 Å². The summed E-state index contributed by atoms with van der Waals surface area (Å²) in [5, 5.41) is 3.80. The molecule has 0 saturated carbocycles. The molecule has 2 aromatic carbocycles. The zero-order valence-electron chi connectivity index (χ0n) is 9.78. The SMILES string of the molecule is O=C1Nc2ccccc2/C1=C/c1ccc(Cl)c(Cl)c1. The van der Waals surface area contributed by atoms with E-state index in [4.69, 9.17) is 23.2 Å². The maximum absolute atomic E-state index is 11.9. The van der Waals surface area contributed by atoms with Crippen molar-refractivity contribution in [3.8, 4) is 0 Å². The van der Waals surface area contributed by atoms with Gasteiger partial charge in [-0.05, 0) is 29.8 Å². The topological polar surface area (TPSA) is 29.1 Å². The van der Waals surface area contributed by atoms with E-state index in [1.54, 1.807) is 12.1 Å². The molecule has 0 unspecified atom stereocenters. The number of amides is 1. The Morgan fingerprint density at radius 3 is 2.58 bits per heavy atom. The minimum atomic E-state index is -0.104. The molecule has 1 N–H and O–H groups in total. The lowest BCUT2D eigenvalue weighted by atomic mass is 10.0. The Labute approximate surface area is 120 Å². The van der Waals surface area contributed by atoms with Gasteiger partial charge in [-0.15, -0.1) is 0 Å². The molecule has 2 aromatic rings. The maximum Gasteiger partial charge on any atom is 0.256 e. The number of anilines is 1. The van der Waals surface area contributed by atoms with E-state index in [1.165, 1.54) is 0 Å². The second kappa shape index (κ2) is 4.72. The fourth-order valence-electron chi connectivity index (χ4n) is 2.05. The van der Waals surface area contributed by atoms with Gasteiger partial charge in [0.15, 0.2) is 0 Å². The standard InChI is InChI=1S/C15H9Cl2NO/c16-12-6-5-9(8-13(12)17)7-11-10-3-1-2-4-14(10)18-15(11)19/h1-8H,(H,18,19)/b11-7-. The highest BCUT2D eigenvalue weighted by Crippen LogP contribution is 2.33. The average Bonchev–Trinajstić information content (AvgIpc) is 2.71. The van der Waals surface area contributed by atoms with Crippen molar-refractivity contribution in [1.29, 1.82) is 0 Å². The first-order chi connectivity index (χ1) is 9.15. The summed E-state index contributed by atoms with van der Waals surface area (Å²) in [5.74, 6) is -0.104. The summed E-state index contributed by atoms with van der Waals surface area (Å²) in [6.45, 7) is 0. The first-order valence-corrected chi connectivity index (χ1v) is 6.48. The number of hydrogen-bond acceptors (Lipinski definition) is 1. The van der Waals surface area contributed by atoms with Gasteiger partial charge in [-0.1, -0.05) is 47.5 Å². The molecule has 1 aliphatic rings. The van der Waals surface area contributed by atoms with Crippen molar-refractivity contribution in [2.45, 2.75) is 0 Å². The molecule has 0 bridgehead atoms. The van der Waals surface area contributed by atoms with Gasteiger partial charge in [0, 0.05) is 16.8 Å². The molecule has 94 valence electrons. The fourth-order valence-corrected chi connectivity index (χ4v) is 2.36. The Bertz CT molecular complexity index is 707. The third-order valence-corrected chi connectivity index (χ3v) is 3.70. The molecule has 1 aliphatic heterocycles. The van der Waals surface area contributed by atoms with Crippen LogP contribution in [0, 0.1) is 0 Å². The van der Waals surface area contributed by atoms with Gasteiger partial charge in [-0.25, -0.2) is 0 Å². The largest absolute Gasteiger partial charge is 0.321 e. The van der Waals surface area contributed by atoms with E-state index in [1.807, 2.05) is 36.4 Å². The van der Waals surface area contributed by atoms with Gasteiger partial charge in [0.25, 0.3) is 5.91 Å². The molecular weight excluding hydrogens is 281 g/mol. The average molecular weight is 290 g/mol. The van der Waals surface area contributed by atoms with E-state index >= 15 is 0 Å². The summed E-state index contributed by atoms with van der Waals surface area (Å²) in [7, 11) is 0. The lowest BCUT2D eigenvalue weighted by Crippen LogP contribution is -2.03. The van der Waals surface area contributed by atoms with Crippen LogP contribution in [-0.4, -0.2) is 5.91 Å². The van der Waals surface area contributed by atoms with Crippen LogP contribution in [0.2, 0.25) is 10.0 Å². The first kappa shape index (κ1) is 12.3. The Kier molecular flexibility index (Phi) is 3.05. The molecule has 1 heterocycles. The summed E-state index contributed by atoms with van der Waals surface area (Å²) >= 11 is 11.8. The van der Waals surface area contributed by atoms with Crippen molar-refractivity contribution >= 4 is 46.4 Å². The highest BCUT2D eigenvalue weighted by atomic mass is 35.5. The zero-order chi connectivity index (χ0) is 13.4. The number of hydrogen-bond donors (Lipinski definition) is 1. The van der Waals surface area contributed by atoms with Crippen LogP contribution >= 0.6 is 23.2 Å². The maximum atomic E-state index is 11.9. The van der Waals surface area contributed by atoms with Crippen LogP contribution in [-0.2, 0) is 4.79 Å². The molecule has 19 heavy (non-hydrogen) atoms. The van der Waals surface area contributed by atoms with Crippen molar-refractivity contribution in [3.63, 3.8) is 0 Å². The smallest absolute Gasteiger partial charge is 0.256 e. The van der Waals surface area contributed by atoms with Gasteiger partial charge in [-0.3, -0.25) is 4.79 Å². The van der Waals surface area contributed by atoms with Crippen molar-refractivity contribution in [3.05, 3.63) is 63.6 Å². The number of carbonyl (C=O) groups is 1. The van der Waals surface area contributed by atoms with Crippen LogP contribution < -0.4 is 5.32 Å². The van der Waals surface area contributed by atoms with E-state index in [2.05, 4.69) is 5.32 Å². The second-order valence-electron chi connectivity index (χ2n) is 4.23. The predicted molar refractivity (Wildman–Crippen MR) is 79.4 cm³/mol. The molecular formula is C15H9Cl2NO. The molecule has 0 spiro atoms. The lowest BCUT2D eigenvalue weighted by Gasteiger charge is -2.00. The number of carbonyl (C=O) groups excluding carboxylic acids is 1. The van der Waals surface area contributed by atoms with Crippen molar-refractivity contribution < 1.29 is 4.79 Å². The molecule has 1 amide bonds. The van der Waals surface area contributed by atoms with Gasteiger partial charge < -0.3 is 5.32 Å². The third kappa shape index (κ3) is 2.25. The first-order valence-electron chi connectivity index (χ1n) is 5.72. The minimum Gasteiger partial charge on any atom is -0.321 e. The van der Waals surface area contributed by atoms with Crippen LogP contribution in [0.3, 0.4) is 0 Å². The van der Waals surface area contributed by atoms with Crippen molar-refractivity contribution in [2.24, 2.45) is 0 Å².